The Balaban J connectivity index is 0.00000361. The molecule has 1 atom stereocenters. The van der Waals surface area contributed by atoms with Crippen molar-refractivity contribution in [3.05, 3.63) is 6.61 Å². The van der Waals surface area contributed by atoms with Crippen LogP contribution in [-0.4, -0.2) is 6.10 Å². The molecule has 0 spiro atoms. The van der Waals surface area contributed by atoms with Gasteiger partial charge in [-0.05, 0) is 0 Å². The standard InChI is InChI=1S/C18H35O.Li/c1-2-3-4-5-6-7-8-9-10-11-12-13-14-15-16-18-17-19-18;/h17-18H,2-16H2,1H3;/q-1;+1. The summed E-state index contributed by atoms with van der Waals surface area (Å²) in [7, 11) is 0. The minimum Gasteiger partial charge on any atom is -0.570 e. The van der Waals surface area contributed by atoms with Gasteiger partial charge in [0.1, 0.15) is 0 Å². The minimum atomic E-state index is 0. The van der Waals surface area contributed by atoms with Gasteiger partial charge in [-0.15, -0.1) is 0 Å². The van der Waals surface area contributed by atoms with Crippen molar-refractivity contribution in [1.82, 2.24) is 0 Å². The molecule has 1 aliphatic heterocycles. The van der Waals surface area contributed by atoms with Gasteiger partial charge in [-0.2, -0.15) is 6.61 Å². The van der Waals surface area contributed by atoms with Crippen LogP contribution in [0, 0.1) is 6.61 Å². The molecule has 1 saturated heterocycles. The van der Waals surface area contributed by atoms with Gasteiger partial charge in [0.15, 0.2) is 0 Å². The SMILES string of the molecule is CCCCCCCCCCCCCCCCC1[CH-]O1.[Li+]. The van der Waals surface area contributed by atoms with Gasteiger partial charge >= 0.3 is 18.9 Å². The van der Waals surface area contributed by atoms with Crippen molar-refractivity contribution in [2.24, 2.45) is 0 Å². The van der Waals surface area contributed by atoms with Crippen LogP contribution >= 0.6 is 0 Å². The van der Waals surface area contributed by atoms with Crippen LogP contribution in [0.4, 0.5) is 0 Å². The van der Waals surface area contributed by atoms with E-state index in [1.165, 1.54) is 96.3 Å². The van der Waals surface area contributed by atoms with Crippen LogP contribution in [0.2, 0.25) is 0 Å². The number of hydrogen-bond acceptors (Lipinski definition) is 1. The molecule has 0 radical (unpaired) electrons. The molecule has 0 bridgehead atoms. The first-order chi connectivity index (χ1) is 9.43. The summed E-state index contributed by atoms with van der Waals surface area (Å²) >= 11 is 0. The fraction of sp³-hybridized carbons (Fsp3) is 0.944. The smallest absolute Gasteiger partial charge is 0.570 e. The van der Waals surface area contributed by atoms with E-state index in [0.717, 1.165) is 0 Å². The van der Waals surface area contributed by atoms with Gasteiger partial charge in [0.05, 0.1) is 0 Å². The van der Waals surface area contributed by atoms with Gasteiger partial charge < -0.3 is 4.74 Å². The largest absolute Gasteiger partial charge is 1.00 e. The second kappa shape index (κ2) is 15.9. The first-order valence-electron chi connectivity index (χ1n) is 8.92. The van der Waals surface area contributed by atoms with Gasteiger partial charge in [-0.25, -0.2) is 0 Å². The van der Waals surface area contributed by atoms with E-state index in [-0.39, 0.29) is 18.9 Å². The third kappa shape index (κ3) is 15.0. The molecule has 0 aromatic rings. The molecular formula is C18H35LiO. The summed E-state index contributed by atoms with van der Waals surface area (Å²) in [6.45, 7) is 4.25. The zero-order valence-corrected chi connectivity index (χ0v) is 14.2. The van der Waals surface area contributed by atoms with Gasteiger partial charge in [0.2, 0.25) is 0 Å². The number of ether oxygens (including phenoxy) is 1. The Kier molecular flexibility index (Phi) is 16.4. The van der Waals surface area contributed by atoms with E-state index in [9.17, 15) is 0 Å². The molecule has 1 heterocycles. The van der Waals surface area contributed by atoms with Crippen molar-refractivity contribution >= 4 is 0 Å². The normalized spacial score (nSPS) is 16.9. The topological polar surface area (TPSA) is 12.5 Å². The molecular weight excluding hydrogens is 239 g/mol. The Hall–Kier alpha value is 0.557. The van der Waals surface area contributed by atoms with E-state index >= 15 is 0 Å². The number of rotatable bonds is 15. The average Bonchev–Trinajstić information content (AvgIpc) is 3.23. The molecule has 2 heteroatoms. The molecule has 0 aromatic heterocycles. The van der Waals surface area contributed by atoms with E-state index in [1.54, 1.807) is 0 Å². The third-order valence-corrected chi connectivity index (χ3v) is 4.17. The Morgan fingerprint density at radius 2 is 1.00 bits per heavy atom. The quantitative estimate of drug-likeness (QED) is 0.193. The second-order valence-electron chi connectivity index (χ2n) is 6.20. The van der Waals surface area contributed by atoms with Gasteiger partial charge in [0, 0.05) is 0 Å². The van der Waals surface area contributed by atoms with Gasteiger partial charge in [0.25, 0.3) is 0 Å². The van der Waals surface area contributed by atoms with E-state index in [2.05, 4.69) is 6.92 Å². The van der Waals surface area contributed by atoms with Crippen LogP contribution in [0.25, 0.3) is 0 Å². The van der Waals surface area contributed by atoms with Crippen molar-refractivity contribution < 1.29 is 23.6 Å². The van der Waals surface area contributed by atoms with Crippen LogP contribution in [0.3, 0.4) is 0 Å². The summed E-state index contributed by atoms with van der Waals surface area (Å²) in [5, 5.41) is 0. The molecule has 1 nitrogen and oxygen atoms in total. The molecule has 1 fully saturated rings. The summed E-state index contributed by atoms with van der Waals surface area (Å²) in [5.74, 6) is 0. The summed E-state index contributed by atoms with van der Waals surface area (Å²) in [6, 6.07) is 0. The Bertz CT molecular complexity index is 180. The Morgan fingerprint density at radius 3 is 1.35 bits per heavy atom. The van der Waals surface area contributed by atoms with E-state index < -0.39 is 0 Å². The van der Waals surface area contributed by atoms with Crippen molar-refractivity contribution in [2.75, 3.05) is 0 Å². The second-order valence-corrected chi connectivity index (χ2v) is 6.20. The van der Waals surface area contributed by atoms with Gasteiger partial charge in [-0.3, -0.25) is 0 Å². The predicted octanol–water partition coefficient (Wildman–Crippen LogP) is 3.42. The molecule has 0 aliphatic carbocycles. The van der Waals surface area contributed by atoms with Crippen molar-refractivity contribution in [1.29, 1.82) is 0 Å². The molecule has 0 N–H and O–H groups in total. The molecule has 0 aromatic carbocycles. The number of epoxide rings is 1. The molecule has 0 amide bonds. The fourth-order valence-corrected chi connectivity index (χ4v) is 2.73. The summed E-state index contributed by atoms with van der Waals surface area (Å²) < 4.78 is 5.10. The van der Waals surface area contributed by atoms with Crippen LogP contribution in [-0.2, 0) is 4.74 Å². The molecule has 1 rings (SSSR count). The van der Waals surface area contributed by atoms with Crippen LogP contribution in [0.1, 0.15) is 103 Å². The molecule has 114 valence electrons. The summed E-state index contributed by atoms with van der Waals surface area (Å²) in [5.41, 5.74) is 0. The van der Waals surface area contributed by atoms with E-state index in [1.807, 2.05) is 6.61 Å². The third-order valence-electron chi connectivity index (χ3n) is 4.17. The monoisotopic (exact) mass is 274 g/mol. The van der Waals surface area contributed by atoms with E-state index in [4.69, 9.17) is 4.74 Å². The van der Waals surface area contributed by atoms with Gasteiger partial charge in [-0.1, -0.05) is 109 Å². The van der Waals surface area contributed by atoms with Crippen molar-refractivity contribution in [3.63, 3.8) is 0 Å². The first kappa shape index (κ1) is 20.6. The number of hydrogen-bond donors (Lipinski definition) is 0. The zero-order valence-electron chi connectivity index (χ0n) is 14.2. The molecule has 1 aliphatic rings. The van der Waals surface area contributed by atoms with Crippen LogP contribution < -0.4 is 18.9 Å². The van der Waals surface area contributed by atoms with E-state index in [0.29, 0.717) is 6.10 Å². The maximum atomic E-state index is 5.10. The van der Waals surface area contributed by atoms with Crippen LogP contribution in [0.5, 0.6) is 0 Å². The molecule has 0 saturated carbocycles. The Labute approximate surface area is 139 Å². The fourth-order valence-electron chi connectivity index (χ4n) is 2.73. The molecule has 1 unspecified atom stereocenters. The average molecular weight is 274 g/mol. The van der Waals surface area contributed by atoms with Crippen molar-refractivity contribution in [3.8, 4) is 0 Å². The maximum absolute atomic E-state index is 5.10. The maximum Gasteiger partial charge on any atom is 1.00 e. The minimum absolute atomic E-state index is 0. The van der Waals surface area contributed by atoms with Crippen LogP contribution in [0.15, 0.2) is 0 Å². The first-order valence-corrected chi connectivity index (χ1v) is 8.92. The molecule has 20 heavy (non-hydrogen) atoms. The predicted molar refractivity (Wildman–Crippen MR) is 84.1 cm³/mol. The zero-order chi connectivity index (χ0) is 13.6. The summed E-state index contributed by atoms with van der Waals surface area (Å²) in [4.78, 5) is 0. The summed E-state index contributed by atoms with van der Waals surface area (Å²) in [6.07, 6.45) is 22.0. The van der Waals surface area contributed by atoms with Crippen molar-refractivity contribution in [2.45, 2.75) is 109 Å². The number of unbranched alkanes of at least 4 members (excludes halogenated alkanes) is 13. The Morgan fingerprint density at radius 1 is 0.650 bits per heavy atom.